The van der Waals surface area contributed by atoms with Crippen molar-refractivity contribution in [2.24, 2.45) is 5.92 Å². The summed E-state index contributed by atoms with van der Waals surface area (Å²) >= 11 is 0. The van der Waals surface area contributed by atoms with Gasteiger partial charge in [-0.2, -0.15) is 10.2 Å². The van der Waals surface area contributed by atoms with Gasteiger partial charge in [0.05, 0.1) is 18.3 Å². The molecule has 4 N–H and O–H groups in total. The monoisotopic (exact) mass is 388 g/mol. The first-order valence-electron chi connectivity index (χ1n) is 9.84. The molecule has 1 fully saturated rings. The van der Waals surface area contributed by atoms with Gasteiger partial charge in [-0.1, -0.05) is 6.92 Å². The summed E-state index contributed by atoms with van der Waals surface area (Å²) in [7, 11) is 0. The molecule has 2 heterocycles. The molecule has 3 atom stereocenters. The molecule has 2 amide bonds. The van der Waals surface area contributed by atoms with Gasteiger partial charge < -0.3 is 15.4 Å². The van der Waals surface area contributed by atoms with Gasteiger partial charge in [-0.25, -0.2) is 0 Å². The minimum atomic E-state index is -0.199. The highest BCUT2D eigenvalue weighted by molar-refractivity contribution is 5.92. The van der Waals surface area contributed by atoms with Crippen molar-refractivity contribution in [1.82, 2.24) is 31.0 Å². The van der Waals surface area contributed by atoms with Crippen LogP contribution in [-0.2, 0) is 16.0 Å². The van der Waals surface area contributed by atoms with E-state index in [1.165, 1.54) is 0 Å². The van der Waals surface area contributed by atoms with Crippen LogP contribution in [0.15, 0.2) is 24.7 Å². The summed E-state index contributed by atoms with van der Waals surface area (Å²) in [6.45, 7) is 3.23. The number of nitrogens with one attached hydrogen (secondary N) is 4. The van der Waals surface area contributed by atoms with E-state index in [0.29, 0.717) is 31.7 Å². The van der Waals surface area contributed by atoms with Crippen LogP contribution < -0.4 is 10.6 Å². The van der Waals surface area contributed by atoms with Gasteiger partial charge in [-0.15, -0.1) is 0 Å². The Hall–Kier alpha value is -2.68. The van der Waals surface area contributed by atoms with Crippen LogP contribution in [0.2, 0.25) is 0 Å². The number of ether oxygens (including phenoxy) is 1. The maximum Gasteiger partial charge on any atom is 0.269 e. The highest BCUT2D eigenvalue weighted by atomic mass is 16.5. The van der Waals surface area contributed by atoms with Crippen LogP contribution in [0.1, 0.15) is 48.7 Å². The van der Waals surface area contributed by atoms with Crippen molar-refractivity contribution in [3.8, 4) is 0 Å². The molecule has 0 unspecified atom stereocenters. The topological polar surface area (TPSA) is 125 Å². The number of carbonyl (C=O) groups excluding carboxylic acids is 2. The third kappa shape index (κ3) is 5.41. The van der Waals surface area contributed by atoms with E-state index in [-0.39, 0.29) is 29.9 Å². The van der Waals surface area contributed by atoms with Crippen molar-refractivity contribution >= 4 is 11.8 Å². The molecule has 0 aliphatic heterocycles. The van der Waals surface area contributed by atoms with E-state index in [2.05, 4.69) is 31.0 Å². The molecule has 152 valence electrons. The third-order valence-electron chi connectivity index (χ3n) is 5.03. The molecule has 28 heavy (non-hydrogen) atoms. The predicted molar refractivity (Wildman–Crippen MR) is 103 cm³/mol. The summed E-state index contributed by atoms with van der Waals surface area (Å²) in [6, 6.07) is 1.52. The van der Waals surface area contributed by atoms with Gasteiger partial charge in [0.15, 0.2) is 0 Å². The fourth-order valence-corrected chi connectivity index (χ4v) is 3.50. The van der Waals surface area contributed by atoms with Crippen LogP contribution in [0.3, 0.4) is 0 Å². The van der Waals surface area contributed by atoms with Crippen molar-refractivity contribution in [2.75, 3.05) is 13.2 Å². The lowest BCUT2D eigenvalue weighted by atomic mass is 9.83. The number of rotatable bonds is 9. The first-order chi connectivity index (χ1) is 13.7. The van der Waals surface area contributed by atoms with E-state index < -0.39 is 0 Å². The lowest BCUT2D eigenvalue weighted by molar-refractivity contribution is -0.128. The van der Waals surface area contributed by atoms with Gasteiger partial charge in [0.2, 0.25) is 5.91 Å². The molecule has 0 aromatic carbocycles. The molecule has 0 bridgehead atoms. The molecule has 9 nitrogen and oxygen atoms in total. The zero-order valence-electron chi connectivity index (χ0n) is 16.1. The quantitative estimate of drug-likeness (QED) is 0.513. The van der Waals surface area contributed by atoms with E-state index in [9.17, 15) is 9.59 Å². The van der Waals surface area contributed by atoms with Crippen molar-refractivity contribution < 1.29 is 14.3 Å². The van der Waals surface area contributed by atoms with Crippen molar-refractivity contribution in [3.05, 3.63) is 35.9 Å². The van der Waals surface area contributed by atoms with Crippen LogP contribution in [0, 0.1) is 5.92 Å². The lowest BCUT2D eigenvalue weighted by Crippen LogP contribution is -2.50. The van der Waals surface area contributed by atoms with E-state index in [1.807, 2.05) is 13.1 Å². The average molecular weight is 388 g/mol. The first kappa shape index (κ1) is 20.1. The van der Waals surface area contributed by atoms with Crippen LogP contribution in [0.5, 0.6) is 0 Å². The second kappa shape index (κ2) is 10.0. The SMILES string of the molecule is CCCO[C@@H]1C[C@@H](C(=O)NCCc2cn[nH]c2)CC[C@H]1NC(=O)c1ccn[nH]1. The number of nitrogens with zero attached hydrogens (tertiary/aromatic N) is 2. The number of hydrogen-bond acceptors (Lipinski definition) is 5. The summed E-state index contributed by atoms with van der Waals surface area (Å²) in [5.74, 6) is -0.255. The molecular weight excluding hydrogens is 360 g/mol. The van der Waals surface area contributed by atoms with E-state index in [4.69, 9.17) is 4.74 Å². The molecule has 2 aromatic heterocycles. The van der Waals surface area contributed by atoms with E-state index in [0.717, 1.165) is 24.8 Å². The Morgan fingerprint density at radius 3 is 2.93 bits per heavy atom. The zero-order valence-corrected chi connectivity index (χ0v) is 16.1. The van der Waals surface area contributed by atoms with Gasteiger partial charge in [-0.3, -0.25) is 19.8 Å². The molecular formula is C19H28N6O3. The Bertz CT molecular complexity index is 731. The number of aromatic amines is 2. The number of hydrogen-bond donors (Lipinski definition) is 4. The molecule has 0 radical (unpaired) electrons. The Morgan fingerprint density at radius 2 is 2.21 bits per heavy atom. The lowest BCUT2D eigenvalue weighted by Gasteiger charge is -2.35. The van der Waals surface area contributed by atoms with Crippen LogP contribution in [0.25, 0.3) is 0 Å². The maximum absolute atomic E-state index is 12.6. The fourth-order valence-electron chi connectivity index (χ4n) is 3.50. The standard InChI is InChI=1S/C19H28N6O3/c1-2-9-28-17-10-14(18(26)20-7-5-13-11-22-23-12-13)3-4-15(17)24-19(27)16-6-8-21-25-16/h6,8,11-12,14-15,17H,2-5,7,9-10H2,1H3,(H,20,26)(H,21,25)(H,22,23)(H,24,27)/t14-,15+,17+/m0/s1. The normalized spacial score (nSPS) is 22.0. The molecule has 1 aliphatic rings. The van der Waals surface area contributed by atoms with Crippen LogP contribution in [0.4, 0.5) is 0 Å². The first-order valence-corrected chi connectivity index (χ1v) is 9.84. The van der Waals surface area contributed by atoms with Crippen LogP contribution in [-0.4, -0.2) is 57.5 Å². The number of amides is 2. The summed E-state index contributed by atoms with van der Waals surface area (Å²) < 4.78 is 5.97. The molecule has 1 aliphatic carbocycles. The predicted octanol–water partition coefficient (Wildman–Crippen LogP) is 1.19. The Labute approximate surface area is 164 Å². The molecule has 3 rings (SSSR count). The minimum Gasteiger partial charge on any atom is -0.376 e. The average Bonchev–Trinajstić information content (AvgIpc) is 3.41. The van der Waals surface area contributed by atoms with Crippen LogP contribution >= 0.6 is 0 Å². The van der Waals surface area contributed by atoms with Gasteiger partial charge in [0.25, 0.3) is 5.91 Å². The summed E-state index contributed by atoms with van der Waals surface area (Å²) in [5.41, 5.74) is 1.49. The second-order valence-corrected chi connectivity index (χ2v) is 7.12. The van der Waals surface area contributed by atoms with Crippen molar-refractivity contribution in [3.63, 3.8) is 0 Å². The summed E-state index contributed by atoms with van der Waals surface area (Å²) in [6.07, 6.45) is 8.61. The third-order valence-corrected chi connectivity index (χ3v) is 5.03. The smallest absolute Gasteiger partial charge is 0.269 e. The highest BCUT2D eigenvalue weighted by Crippen LogP contribution is 2.27. The van der Waals surface area contributed by atoms with Gasteiger partial charge in [0.1, 0.15) is 5.69 Å². The van der Waals surface area contributed by atoms with Gasteiger partial charge in [0, 0.05) is 31.5 Å². The Morgan fingerprint density at radius 1 is 1.32 bits per heavy atom. The number of aromatic nitrogens is 4. The fraction of sp³-hybridized carbons (Fsp3) is 0.579. The number of carbonyl (C=O) groups is 2. The zero-order chi connectivity index (χ0) is 19.8. The van der Waals surface area contributed by atoms with E-state index >= 15 is 0 Å². The van der Waals surface area contributed by atoms with Crippen molar-refractivity contribution in [1.29, 1.82) is 0 Å². The summed E-state index contributed by atoms with van der Waals surface area (Å²) in [5, 5.41) is 19.2. The molecule has 0 saturated heterocycles. The van der Waals surface area contributed by atoms with Gasteiger partial charge in [-0.05, 0) is 43.7 Å². The number of H-pyrrole nitrogens is 2. The highest BCUT2D eigenvalue weighted by Gasteiger charge is 2.35. The molecule has 2 aromatic rings. The molecule has 1 saturated carbocycles. The van der Waals surface area contributed by atoms with Gasteiger partial charge >= 0.3 is 0 Å². The minimum absolute atomic E-state index is 0.0481. The summed E-state index contributed by atoms with van der Waals surface area (Å²) in [4.78, 5) is 24.9. The second-order valence-electron chi connectivity index (χ2n) is 7.12. The van der Waals surface area contributed by atoms with E-state index in [1.54, 1.807) is 18.5 Å². The Kier molecular flexibility index (Phi) is 7.18. The van der Waals surface area contributed by atoms with Crippen molar-refractivity contribution in [2.45, 2.75) is 51.2 Å². The molecule has 9 heteroatoms. The Balaban J connectivity index is 1.51. The molecule has 0 spiro atoms. The maximum atomic E-state index is 12.6. The largest absolute Gasteiger partial charge is 0.376 e.